The number of aryl methyl sites for hydroxylation is 1. The Morgan fingerprint density at radius 1 is 1.21 bits per heavy atom. The first-order valence-corrected chi connectivity index (χ1v) is 9.70. The Kier molecular flexibility index (Phi) is 5.37. The molecule has 1 aliphatic rings. The SMILES string of the molecule is Cc1cccc(-c2noc(C3CCCN3C(=O)NCCc3ccccc3)n2)c1. The molecule has 1 unspecified atom stereocenters. The molecule has 0 bridgehead atoms. The number of nitrogens with zero attached hydrogens (tertiary/aromatic N) is 3. The van der Waals surface area contributed by atoms with Gasteiger partial charge in [0.25, 0.3) is 0 Å². The highest BCUT2D eigenvalue weighted by molar-refractivity contribution is 5.75. The van der Waals surface area contributed by atoms with Crippen LogP contribution in [0.3, 0.4) is 0 Å². The molecule has 0 aliphatic carbocycles. The van der Waals surface area contributed by atoms with E-state index in [4.69, 9.17) is 4.52 Å². The molecule has 0 radical (unpaired) electrons. The van der Waals surface area contributed by atoms with E-state index in [0.29, 0.717) is 24.8 Å². The first kappa shape index (κ1) is 18.2. The lowest BCUT2D eigenvalue weighted by Gasteiger charge is -2.22. The number of hydrogen-bond acceptors (Lipinski definition) is 4. The van der Waals surface area contributed by atoms with Gasteiger partial charge in [-0.2, -0.15) is 4.98 Å². The van der Waals surface area contributed by atoms with Crippen LogP contribution < -0.4 is 5.32 Å². The van der Waals surface area contributed by atoms with Gasteiger partial charge < -0.3 is 14.7 Å². The predicted octanol–water partition coefficient (Wildman–Crippen LogP) is 4.13. The molecule has 6 nitrogen and oxygen atoms in total. The monoisotopic (exact) mass is 376 g/mol. The van der Waals surface area contributed by atoms with Crippen LogP contribution in [0.1, 0.15) is 35.9 Å². The maximum Gasteiger partial charge on any atom is 0.318 e. The van der Waals surface area contributed by atoms with E-state index in [9.17, 15) is 4.79 Å². The van der Waals surface area contributed by atoms with Crippen molar-refractivity contribution < 1.29 is 9.32 Å². The number of carbonyl (C=O) groups is 1. The standard InChI is InChI=1S/C22H24N4O2/c1-16-7-5-10-18(15-16)20-24-21(28-25-20)19-11-6-14-26(19)22(27)23-13-12-17-8-3-2-4-9-17/h2-5,7-10,15,19H,6,11-14H2,1H3,(H,23,27). The van der Waals surface area contributed by atoms with Gasteiger partial charge in [0.1, 0.15) is 6.04 Å². The van der Waals surface area contributed by atoms with Crippen molar-refractivity contribution in [2.45, 2.75) is 32.2 Å². The Morgan fingerprint density at radius 3 is 2.89 bits per heavy atom. The van der Waals surface area contributed by atoms with Gasteiger partial charge in [-0.05, 0) is 37.8 Å². The first-order chi connectivity index (χ1) is 13.7. The fourth-order valence-electron chi connectivity index (χ4n) is 3.60. The predicted molar refractivity (Wildman–Crippen MR) is 107 cm³/mol. The Hall–Kier alpha value is -3.15. The van der Waals surface area contributed by atoms with Crippen molar-refractivity contribution in [3.63, 3.8) is 0 Å². The van der Waals surface area contributed by atoms with Crippen LogP contribution in [0.5, 0.6) is 0 Å². The molecule has 2 aromatic carbocycles. The number of nitrogens with one attached hydrogen (secondary N) is 1. The third-order valence-electron chi connectivity index (χ3n) is 5.05. The Bertz CT molecular complexity index is 938. The highest BCUT2D eigenvalue weighted by Gasteiger charge is 2.34. The summed E-state index contributed by atoms with van der Waals surface area (Å²) in [5.74, 6) is 1.07. The summed E-state index contributed by atoms with van der Waals surface area (Å²) in [5.41, 5.74) is 3.27. The van der Waals surface area contributed by atoms with E-state index < -0.39 is 0 Å². The minimum Gasteiger partial charge on any atom is -0.338 e. The number of amides is 2. The lowest BCUT2D eigenvalue weighted by molar-refractivity contribution is 0.180. The van der Waals surface area contributed by atoms with Crippen LogP contribution in [-0.2, 0) is 6.42 Å². The van der Waals surface area contributed by atoms with Gasteiger partial charge >= 0.3 is 6.03 Å². The second-order valence-corrected chi connectivity index (χ2v) is 7.14. The van der Waals surface area contributed by atoms with Gasteiger partial charge in [-0.25, -0.2) is 4.79 Å². The van der Waals surface area contributed by atoms with E-state index >= 15 is 0 Å². The second-order valence-electron chi connectivity index (χ2n) is 7.14. The van der Waals surface area contributed by atoms with E-state index in [1.54, 1.807) is 4.90 Å². The summed E-state index contributed by atoms with van der Waals surface area (Å²) >= 11 is 0. The molecule has 2 amide bonds. The van der Waals surface area contributed by atoms with E-state index in [1.165, 1.54) is 5.56 Å². The van der Waals surface area contributed by atoms with E-state index in [0.717, 1.165) is 30.4 Å². The van der Waals surface area contributed by atoms with Crippen LogP contribution in [0.2, 0.25) is 0 Å². The number of likely N-dealkylation sites (tertiary alicyclic amines) is 1. The smallest absolute Gasteiger partial charge is 0.318 e. The molecule has 3 aromatic rings. The number of aromatic nitrogens is 2. The van der Waals surface area contributed by atoms with E-state index in [1.807, 2.05) is 49.4 Å². The van der Waals surface area contributed by atoms with Crippen molar-refractivity contribution >= 4 is 6.03 Å². The highest BCUT2D eigenvalue weighted by atomic mass is 16.5. The van der Waals surface area contributed by atoms with Crippen LogP contribution in [0.4, 0.5) is 4.79 Å². The van der Waals surface area contributed by atoms with Crippen LogP contribution in [0.25, 0.3) is 11.4 Å². The Morgan fingerprint density at radius 2 is 2.07 bits per heavy atom. The van der Waals surface area contributed by atoms with Crippen molar-refractivity contribution in [3.8, 4) is 11.4 Å². The summed E-state index contributed by atoms with van der Waals surface area (Å²) in [4.78, 5) is 19.0. The zero-order valence-corrected chi connectivity index (χ0v) is 16.0. The van der Waals surface area contributed by atoms with Gasteiger partial charge in [-0.15, -0.1) is 0 Å². The molecule has 1 fully saturated rings. The minimum atomic E-state index is -0.164. The summed E-state index contributed by atoms with van der Waals surface area (Å²) in [6, 6.07) is 17.9. The summed E-state index contributed by atoms with van der Waals surface area (Å²) in [5, 5.41) is 7.14. The molecule has 6 heteroatoms. The fourth-order valence-corrected chi connectivity index (χ4v) is 3.60. The summed E-state index contributed by atoms with van der Waals surface area (Å²) < 4.78 is 5.51. The molecule has 2 heterocycles. The van der Waals surface area contributed by atoms with Crippen molar-refractivity contribution in [3.05, 3.63) is 71.6 Å². The zero-order valence-electron chi connectivity index (χ0n) is 16.0. The average molecular weight is 376 g/mol. The van der Waals surface area contributed by atoms with E-state index in [-0.39, 0.29) is 12.1 Å². The zero-order chi connectivity index (χ0) is 19.3. The molecule has 1 saturated heterocycles. The molecular weight excluding hydrogens is 352 g/mol. The van der Waals surface area contributed by atoms with E-state index in [2.05, 4.69) is 27.6 Å². The molecule has 1 N–H and O–H groups in total. The molecule has 1 atom stereocenters. The first-order valence-electron chi connectivity index (χ1n) is 9.70. The quantitative estimate of drug-likeness (QED) is 0.727. The molecule has 4 rings (SSSR count). The van der Waals surface area contributed by atoms with Gasteiger partial charge in [0.05, 0.1) is 0 Å². The molecule has 0 saturated carbocycles. The average Bonchev–Trinajstić information content (AvgIpc) is 3.38. The molecule has 1 aliphatic heterocycles. The topological polar surface area (TPSA) is 71.3 Å². The molecule has 28 heavy (non-hydrogen) atoms. The molecule has 144 valence electrons. The van der Waals surface area contributed by atoms with Crippen molar-refractivity contribution in [2.75, 3.05) is 13.1 Å². The molecular formula is C22H24N4O2. The van der Waals surface area contributed by atoms with Crippen molar-refractivity contribution in [2.24, 2.45) is 0 Å². The van der Waals surface area contributed by atoms with Crippen molar-refractivity contribution in [1.82, 2.24) is 20.4 Å². The molecule has 1 aromatic heterocycles. The number of urea groups is 1. The summed E-state index contributed by atoms with van der Waals surface area (Å²) in [6.45, 7) is 3.33. The maximum absolute atomic E-state index is 12.7. The summed E-state index contributed by atoms with van der Waals surface area (Å²) in [7, 11) is 0. The fraction of sp³-hybridized carbons (Fsp3) is 0.318. The normalized spacial score (nSPS) is 16.3. The number of hydrogen-bond donors (Lipinski definition) is 1. The van der Waals surface area contributed by atoms with Gasteiger partial charge in [0.2, 0.25) is 11.7 Å². The highest BCUT2D eigenvalue weighted by Crippen LogP contribution is 2.32. The number of benzene rings is 2. The third-order valence-corrected chi connectivity index (χ3v) is 5.05. The second kappa shape index (κ2) is 8.25. The number of rotatable bonds is 5. The number of carbonyl (C=O) groups excluding carboxylic acids is 1. The van der Waals surface area contributed by atoms with Gasteiger partial charge in [0.15, 0.2) is 0 Å². The maximum atomic E-state index is 12.7. The third kappa shape index (κ3) is 4.06. The Balaban J connectivity index is 1.40. The van der Waals surface area contributed by atoms with Gasteiger partial charge in [-0.1, -0.05) is 59.3 Å². The lowest BCUT2D eigenvalue weighted by Crippen LogP contribution is -2.40. The Labute approximate surface area is 164 Å². The molecule has 0 spiro atoms. The van der Waals surface area contributed by atoms with Gasteiger partial charge in [0, 0.05) is 18.7 Å². The summed E-state index contributed by atoms with van der Waals surface area (Å²) in [6.07, 6.45) is 2.57. The minimum absolute atomic E-state index is 0.0752. The largest absolute Gasteiger partial charge is 0.338 e. The van der Waals surface area contributed by atoms with Crippen LogP contribution >= 0.6 is 0 Å². The lowest BCUT2D eigenvalue weighted by atomic mass is 10.1. The van der Waals surface area contributed by atoms with Crippen LogP contribution in [-0.4, -0.2) is 34.2 Å². The van der Waals surface area contributed by atoms with Gasteiger partial charge in [-0.3, -0.25) is 0 Å². The van der Waals surface area contributed by atoms with Crippen molar-refractivity contribution in [1.29, 1.82) is 0 Å². The van der Waals surface area contributed by atoms with Crippen LogP contribution in [0.15, 0.2) is 59.1 Å². The van der Waals surface area contributed by atoms with Crippen LogP contribution in [0, 0.1) is 6.92 Å².